The van der Waals surface area contributed by atoms with Crippen LogP contribution in [0.4, 0.5) is 16.2 Å². The Kier molecular flexibility index (Phi) is 5.41. The van der Waals surface area contributed by atoms with Crippen LogP contribution in [0, 0.1) is 6.92 Å². The highest BCUT2D eigenvalue weighted by atomic mass is 16.2. The minimum absolute atomic E-state index is 0.144. The molecule has 3 aromatic carbocycles. The van der Waals surface area contributed by atoms with Crippen LogP contribution in [0.3, 0.4) is 0 Å². The van der Waals surface area contributed by atoms with Crippen molar-refractivity contribution in [2.45, 2.75) is 20.4 Å². The molecule has 0 aromatic heterocycles. The van der Waals surface area contributed by atoms with E-state index in [-0.39, 0.29) is 11.9 Å². The van der Waals surface area contributed by atoms with Gasteiger partial charge in [-0.2, -0.15) is 0 Å². The largest absolute Gasteiger partial charge is 0.326 e. The molecule has 27 heavy (non-hydrogen) atoms. The number of benzene rings is 3. The number of hydrogen-bond acceptors (Lipinski definition) is 2. The summed E-state index contributed by atoms with van der Waals surface area (Å²) in [5.74, 6) is -0.144. The van der Waals surface area contributed by atoms with Gasteiger partial charge >= 0.3 is 6.03 Å². The number of anilines is 2. The van der Waals surface area contributed by atoms with Crippen LogP contribution >= 0.6 is 0 Å². The van der Waals surface area contributed by atoms with Crippen molar-refractivity contribution in [3.63, 3.8) is 0 Å². The second-order valence-electron chi connectivity index (χ2n) is 6.64. The molecule has 0 aliphatic rings. The van der Waals surface area contributed by atoms with Crippen molar-refractivity contribution in [3.8, 4) is 0 Å². The molecular formula is C22H23N3O2. The first-order valence-corrected chi connectivity index (χ1v) is 8.81. The molecule has 0 atom stereocenters. The van der Waals surface area contributed by atoms with Crippen molar-refractivity contribution in [2.24, 2.45) is 0 Å². The van der Waals surface area contributed by atoms with Gasteiger partial charge < -0.3 is 15.5 Å². The van der Waals surface area contributed by atoms with Gasteiger partial charge in [0.15, 0.2) is 0 Å². The number of amides is 3. The molecule has 3 aromatic rings. The van der Waals surface area contributed by atoms with Gasteiger partial charge in [-0.05, 0) is 41.0 Å². The predicted molar refractivity (Wildman–Crippen MR) is 110 cm³/mol. The zero-order valence-electron chi connectivity index (χ0n) is 15.7. The fraction of sp³-hybridized carbons (Fsp3) is 0.182. The molecule has 5 nitrogen and oxygen atoms in total. The zero-order chi connectivity index (χ0) is 19.4. The van der Waals surface area contributed by atoms with Gasteiger partial charge in [0.25, 0.3) is 0 Å². The second-order valence-corrected chi connectivity index (χ2v) is 6.64. The molecule has 0 fully saturated rings. The maximum absolute atomic E-state index is 12.6. The van der Waals surface area contributed by atoms with Crippen LogP contribution in [0.2, 0.25) is 0 Å². The molecule has 0 heterocycles. The number of urea groups is 1. The monoisotopic (exact) mass is 361 g/mol. The molecule has 0 aliphatic heterocycles. The Hall–Kier alpha value is -3.34. The molecule has 0 spiro atoms. The van der Waals surface area contributed by atoms with Gasteiger partial charge in [-0.15, -0.1) is 0 Å². The van der Waals surface area contributed by atoms with E-state index in [9.17, 15) is 9.59 Å². The van der Waals surface area contributed by atoms with E-state index in [1.54, 1.807) is 18.0 Å². The molecule has 0 aliphatic carbocycles. The highest BCUT2D eigenvalue weighted by Crippen LogP contribution is 2.22. The smallest absolute Gasteiger partial charge is 0.321 e. The molecule has 0 unspecified atom stereocenters. The van der Waals surface area contributed by atoms with Gasteiger partial charge in [0, 0.05) is 31.9 Å². The van der Waals surface area contributed by atoms with Crippen LogP contribution in [0.5, 0.6) is 0 Å². The Morgan fingerprint density at radius 1 is 0.963 bits per heavy atom. The lowest BCUT2D eigenvalue weighted by Gasteiger charge is -2.20. The van der Waals surface area contributed by atoms with E-state index < -0.39 is 0 Å². The zero-order valence-corrected chi connectivity index (χ0v) is 15.7. The number of carbonyl (C=O) groups excluding carboxylic acids is 2. The predicted octanol–water partition coefficient (Wildman–Crippen LogP) is 4.77. The number of fused-ring (bicyclic) bond motifs is 1. The van der Waals surface area contributed by atoms with Crippen LogP contribution in [0.15, 0.2) is 60.7 Å². The van der Waals surface area contributed by atoms with Gasteiger partial charge in [-0.1, -0.05) is 48.5 Å². The molecule has 2 N–H and O–H groups in total. The molecule has 5 heteroatoms. The number of hydrogen-bond donors (Lipinski definition) is 2. The summed E-state index contributed by atoms with van der Waals surface area (Å²) in [6.07, 6.45) is 0. The van der Waals surface area contributed by atoms with Crippen molar-refractivity contribution >= 4 is 34.1 Å². The van der Waals surface area contributed by atoms with Gasteiger partial charge in [0.1, 0.15) is 0 Å². The summed E-state index contributed by atoms with van der Waals surface area (Å²) in [4.78, 5) is 25.5. The summed E-state index contributed by atoms with van der Waals surface area (Å²) in [5.41, 5.74) is 3.36. The number of rotatable bonds is 4. The first-order chi connectivity index (χ1) is 12.9. The van der Waals surface area contributed by atoms with Crippen molar-refractivity contribution in [1.29, 1.82) is 0 Å². The van der Waals surface area contributed by atoms with E-state index in [1.165, 1.54) is 6.92 Å². The molecule has 138 valence electrons. The van der Waals surface area contributed by atoms with Crippen molar-refractivity contribution in [2.75, 3.05) is 17.7 Å². The third kappa shape index (κ3) is 4.44. The highest BCUT2D eigenvalue weighted by Gasteiger charge is 2.12. The summed E-state index contributed by atoms with van der Waals surface area (Å²) >= 11 is 0. The fourth-order valence-electron chi connectivity index (χ4n) is 3.00. The van der Waals surface area contributed by atoms with E-state index in [1.807, 2.05) is 43.3 Å². The summed E-state index contributed by atoms with van der Waals surface area (Å²) < 4.78 is 0. The Bertz CT molecular complexity index is 993. The lowest BCUT2D eigenvalue weighted by Crippen LogP contribution is -2.31. The SMILES string of the molecule is CC(=O)Nc1cc(NC(=O)N(C)Cc2cccc3ccccc23)ccc1C. The average Bonchev–Trinajstić information content (AvgIpc) is 2.64. The number of aryl methyl sites for hydroxylation is 1. The standard InChI is InChI=1S/C22H23N3O2/c1-15-11-12-19(13-21(15)23-16(2)26)24-22(27)25(3)14-18-9-6-8-17-7-4-5-10-20(17)18/h4-13H,14H2,1-3H3,(H,23,26)(H,24,27). The summed E-state index contributed by atoms with van der Waals surface area (Å²) in [6.45, 7) is 3.86. The quantitative estimate of drug-likeness (QED) is 0.703. The van der Waals surface area contributed by atoms with E-state index >= 15 is 0 Å². The molecule has 0 radical (unpaired) electrons. The van der Waals surface area contributed by atoms with Crippen molar-refractivity contribution in [1.82, 2.24) is 4.90 Å². The average molecular weight is 361 g/mol. The fourth-order valence-corrected chi connectivity index (χ4v) is 3.00. The number of nitrogens with zero attached hydrogens (tertiary/aromatic N) is 1. The van der Waals surface area contributed by atoms with Crippen LogP contribution in [-0.4, -0.2) is 23.9 Å². The second kappa shape index (κ2) is 7.91. The van der Waals surface area contributed by atoms with Crippen molar-refractivity contribution in [3.05, 3.63) is 71.8 Å². The Morgan fingerprint density at radius 3 is 2.48 bits per heavy atom. The van der Waals surface area contributed by atoms with Crippen LogP contribution < -0.4 is 10.6 Å². The summed E-state index contributed by atoms with van der Waals surface area (Å²) in [7, 11) is 1.76. The lowest BCUT2D eigenvalue weighted by molar-refractivity contribution is -0.114. The Morgan fingerprint density at radius 2 is 1.70 bits per heavy atom. The normalized spacial score (nSPS) is 10.5. The molecular weight excluding hydrogens is 338 g/mol. The third-order valence-corrected chi connectivity index (χ3v) is 4.43. The summed E-state index contributed by atoms with van der Waals surface area (Å²) in [5, 5.41) is 7.96. The molecule has 0 saturated carbocycles. The minimum atomic E-state index is -0.208. The van der Waals surface area contributed by atoms with E-state index in [4.69, 9.17) is 0 Å². The van der Waals surface area contributed by atoms with Crippen LogP contribution in [0.25, 0.3) is 10.8 Å². The summed E-state index contributed by atoms with van der Waals surface area (Å²) in [6, 6.07) is 19.5. The first kappa shape index (κ1) is 18.5. The van der Waals surface area contributed by atoms with Gasteiger partial charge in [-0.25, -0.2) is 4.79 Å². The van der Waals surface area contributed by atoms with Gasteiger partial charge in [-0.3, -0.25) is 4.79 Å². The molecule has 3 rings (SSSR count). The lowest BCUT2D eigenvalue weighted by atomic mass is 10.0. The maximum Gasteiger partial charge on any atom is 0.321 e. The van der Waals surface area contributed by atoms with Gasteiger partial charge in [0.05, 0.1) is 0 Å². The maximum atomic E-state index is 12.6. The number of nitrogens with one attached hydrogen (secondary N) is 2. The Labute approximate surface area is 159 Å². The highest BCUT2D eigenvalue weighted by molar-refractivity contribution is 5.93. The Balaban J connectivity index is 1.73. The van der Waals surface area contributed by atoms with Crippen molar-refractivity contribution < 1.29 is 9.59 Å². The minimum Gasteiger partial charge on any atom is -0.326 e. The first-order valence-electron chi connectivity index (χ1n) is 8.81. The number of carbonyl (C=O) groups is 2. The molecule has 0 saturated heterocycles. The van der Waals surface area contributed by atoms with E-state index in [0.717, 1.165) is 21.9 Å². The van der Waals surface area contributed by atoms with E-state index in [2.05, 4.69) is 28.8 Å². The van der Waals surface area contributed by atoms with Crippen LogP contribution in [-0.2, 0) is 11.3 Å². The molecule has 3 amide bonds. The van der Waals surface area contributed by atoms with E-state index in [0.29, 0.717) is 17.9 Å². The molecule has 0 bridgehead atoms. The van der Waals surface area contributed by atoms with Gasteiger partial charge in [0.2, 0.25) is 5.91 Å². The topological polar surface area (TPSA) is 61.4 Å². The van der Waals surface area contributed by atoms with Crippen LogP contribution in [0.1, 0.15) is 18.1 Å². The third-order valence-electron chi connectivity index (χ3n) is 4.43.